The van der Waals surface area contributed by atoms with Gasteiger partial charge in [-0.3, -0.25) is 0 Å². The second kappa shape index (κ2) is 8.88. The molecule has 2 N–H and O–H groups in total. The highest BCUT2D eigenvalue weighted by Gasteiger charge is 2.09. The molecule has 21 heavy (non-hydrogen) atoms. The Bertz CT molecular complexity index is 513. The molecule has 2 aromatic carbocycles. The molecule has 0 aliphatic heterocycles. The van der Waals surface area contributed by atoms with Gasteiger partial charge < -0.3 is 10.4 Å². The Hall–Kier alpha value is -1.29. The maximum Gasteiger partial charge on any atom is 0.0438 e. The van der Waals surface area contributed by atoms with Crippen molar-refractivity contribution < 1.29 is 5.11 Å². The Balaban J connectivity index is 1.99. The molecule has 0 aromatic heterocycles. The third-order valence-electron chi connectivity index (χ3n) is 3.50. The Labute approximate surface area is 131 Å². The molecule has 112 valence electrons. The zero-order valence-electron chi connectivity index (χ0n) is 12.5. The summed E-state index contributed by atoms with van der Waals surface area (Å²) in [5.41, 5.74) is 3.82. The minimum atomic E-state index is 0.281. The van der Waals surface area contributed by atoms with Crippen molar-refractivity contribution in [1.82, 2.24) is 5.32 Å². The standard InChI is InChI=1S/C18H23NOS/c1-19-18(14-21-13-5-12-20)17-10-8-16(9-11-17)15-6-3-2-4-7-15/h2-4,6-11,18-20H,5,12-14H2,1H3. The van der Waals surface area contributed by atoms with Gasteiger partial charge in [0.15, 0.2) is 0 Å². The lowest BCUT2D eigenvalue weighted by atomic mass is 10.0. The van der Waals surface area contributed by atoms with Crippen LogP contribution in [0.5, 0.6) is 0 Å². The normalized spacial score (nSPS) is 12.3. The van der Waals surface area contributed by atoms with Gasteiger partial charge in [-0.15, -0.1) is 0 Å². The predicted octanol–water partition coefficient (Wildman–Crippen LogP) is 3.73. The second-order valence-corrected chi connectivity index (χ2v) is 6.13. The van der Waals surface area contributed by atoms with Crippen LogP contribution in [-0.2, 0) is 0 Å². The van der Waals surface area contributed by atoms with Crippen molar-refractivity contribution in [2.45, 2.75) is 12.5 Å². The number of nitrogens with one attached hydrogen (secondary N) is 1. The Morgan fingerprint density at radius 1 is 1.00 bits per heavy atom. The van der Waals surface area contributed by atoms with Crippen molar-refractivity contribution in [3.63, 3.8) is 0 Å². The van der Waals surface area contributed by atoms with Crippen molar-refractivity contribution in [3.8, 4) is 11.1 Å². The van der Waals surface area contributed by atoms with Crippen molar-refractivity contribution >= 4 is 11.8 Å². The third-order valence-corrected chi connectivity index (χ3v) is 4.65. The van der Waals surface area contributed by atoms with E-state index in [2.05, 4.69) is 53.8 Å². The molecule has 3 heteroatoms. The van der Waals surface area contributed by atoms with Crippen LogP contribution in [0.25, 0.3) is 11.1 Å². The van der Waals surface area contributed by atoms with Crippen LogP contribution in [0, 0.1) is 0 Å². The van der Waals surface area contributed by atoms with Gasteiger partial charge in [-0.05, 0) is 35.9 Å². The van der Waals surface area contributed by atoms with Crippen LogP contribution in [0.3, 0.4) is 0 Å². The molecule has 0 spiro atoms. The first-order valence-corrected chi connectivity index (χ1v) is 8.52. The van der Waals surface area contributed by atoms with Crippen molar-refractivity contribution in [2.75, 3.05) is 25.2 Å². The van der Waals surface area contributed by atoms with E-state index < -0.39 is 0 Å². The third kappa shape index (κ3) is 4.88. The molecule has 0 saturated heterocycles. The number of benzene rings is 2. The van der Waals surface area contributed by atoms with E-state index in [1.54, 1.807) is 0 Å². The van der Waals surface area contributed by atoms with E-state index >= 15 is 0 Å². The van der Waals surface area contributed by atoms with E-state index in [-0.39, 0.29) is 6.61 Å². The smallest absolute Gasteiger partial charge is 0.0438 e. The molecule has 2 nitrogen and oxygen atoms in total. The maximum absolute atomic E-state index is 8.82. The number of hydrogen-bond donors (Lipinski definition) is 2. The van der Waals surface area contributed by atoms with Crippen LogP contribution >= 0.6 is 11.8 Å². The molecule has 0 bridgehead atoms. The first kappa shape index (κ1) is 16.1. The molecule has 0 saturated carbocycles. The van der Waals surface area contributed by atoms with E-state index in [9.17, 15) is 0 Å². The average Bonchev–Trinajstić information content (AvgIpc) is 2.56. The Morgan fingerprint density at radius 2 is 1.67 bits per heavy atom. The summed E-state index contributed by atoms with van der Waals surface area (Å²) < 4.78 is 0. The summed E-state index contributed by atoms with van der Waals surface area (Å²) in [5.74, 6) is 2.04. The van der Waals surface area contributed by atoms with Crippen molar-refractivity contribution in [1.29, 1.82) is 0 Å². The number of thioether (sulfide) groups is 1. The first-order valence-electron chi connectivity index (χ1n) is 7.36. The topological polar surface area (TPSA) is 32.3 Å². The number of aliphatic hydroxyl groups excluding tert-OH is 1. The monoisotopic (exact) mass is 301 g/mol. The van der Waals surface area contributed by atoms with Gasteiger partial charge in [0.1, 0.15) is 0 Å². The lowest BCUT2D eigenvalue weighted by molar-refractivity contribution is 0.296. The number of aliphatic hydroxyl groups is 1. The molecule has 1 atom stereocenters. The van der Waals surface area contributed by atoms with Crippen LogP contribution in [0.1, 0.15) is 18.0 Å². The highest BCUT2D eigenvalue weighted by atomic mass is 32.2. The van der Waals surface area contributed by atoms with Gasteiger partial charge in [0.25, 0.3) is 0 Å². The summed E-state index contributed by atoms with van der Waals surface area (Å²) >= 11 is 1.88. The highest BCUT2D eigenvalue weighted by molar-refractivity contribution is 7.99. The van der Waals surface area contributed by atoms with E-state index in [0.29, 0.717) is 6.04 Å². The lowest BCUT2D eigenvalue weighted by Gasteiger charge is -2.16. The van der Waals surface area contributed by atoms with Gasteiger partial charge in [0.2, 0.25) is 0 Å². The molecular formula is C18H23NOS. The molecular weight excluding hydrogens is 278 g/mol. The molecule has 0 radical (unpaired) electrons. The fourth-order valence-corrected chi connectivity index (χ4v) is 3.35. The Morgan fingerprint density at radius 3 is 2.29 bits per heavy atom. The van der Waals surface area contributed by atoms with Gasteiger partial charge >= 0.3 is 0 Å². The molecule has 2 rings (SSSR count). The van der Waals surface area contributed by atoms with Crippen molar-refractivity contribution in [3.05, 3.63) is 60.2 Å². The summed E-state index contributed by atoms with van der Waals surface area (Å²) in [6.45, 7) is 0.281. The summed E-state index contributed by atoms with van der Waals surface area (Å²) in [6, 6.07) is 19.6. The summed E-state index contributed by atoms with van der Waals surface area (Å²) in [4.78, 5) is 0. The minimum absolute atomic E-state index is 0.281. The largest absolute Gasteiger partial charge is 0.396 e. The van der Waals surface area contributed by atoms with Gasteiger partial charge in [-0.1, -0.05) is 54.6 Å². The molecule has 0 heterocycles. The average molecular weight is 301 g/mol. The second-order valence-electron chi connectivity index (χ2n) is 4.98. The van der Waals surface area contributed by atoms with Crippen LogP contribution in [0.2, 0.25) is 0 Å². The first-order chi connectivity index (χ1) is 10.3. The molecule has 0 fully saturated rings. The van der Waals surface area contributed by atoms with E-state index in [1.165, 1.54) is 16.7 Å². The zero-order valence-corrected chi connectivity index (χ0v) is 13.3. The fourth-order valence-electron chi connectivity index (χ4n) is 2.25. The van der Waals surface area contributed by atoms with Gasteiger partial charge in [-0.25, -0.2) is 0 Å². The number of hydrogen-bond acceptors (Lipinski definition) is 3. The summed E-state index contributed by atoms with van der Waals surface area (Å²) in [7, 11) is 2.00. The molecule has 2 aromatic rings. The molecule has 0 amide bonds. The van der Waals surface area contributed by atoms with Crippen LogP contribution in [-0.4, -0.2) is 30.3 Å². The van der Waals surface area contributed by atoms with Crippen LogP contribution < -0.4 is 5.32 Å². The van der Waals surface area contributed by atoms with E-state index in [0.717, 1.165) is 17.9 Å². The molecule has 0 aliphatic rings. The quantitative estimate of drug-likeness (QED) is 0.729. The summed E-state index contributed by atoms with van der Waals surface area (Å²) in [6.07, 6.45) is 0.869. The molecule has 1 unspecified atom stereocenters. The van der Waals surface area contributed by atoms with Gasteiger partial charge in [-0.2, -0.15) is 11.8 Å². The zero-order chi connectivity index (χ0) is 14.9. The van der Waals surface area contributed by atoms with Gasteiger partial charge in [0, 0.05) is 18.4 Å². The number of rotatable bonds is 8. The highest BCUT2D eigenvalue weighted by Crippen LogP contribution is 2.23. The van der Waals surface area contributed by atoms with Crippen LogP contribution in [0.4, 0.5) is 0 Å². The SMILES string of the molecule is CNC(CSCCCO)c1ccc(-c2ccccc2)cc1. The summed E-state index contributed by atoms with van der Waals surface area (Å²) in [5, 5.41) is 12.2. The maximum atomic E-state index is 8.82. The fraction of sp³-hybridized carbons (Fsp3) is 0.333. The van der Waals surface area contributed by atoms with Crippen LogP contribution in [0.15, 0.2) is 54.6 Å². The molecule has 0 aliphatic carbocycles. The van der Waals surface area contributed by atoms with E-state index in [1.807, 2.05) is 24.9 Å². The minimum Gasteiger partial charge on any atom is -0.396 e. The Kier molecular flexibility index (Phi) is 6.80. The lowest BCUT2D eigenvalue weighted by Crippen LogP contribution is -2.18. The predicted molar refractivity (Wildman–Crippen MR) is 92.7 cm³/mol. The van der Waals surface area contributed by atoms with Gasteiger partial charge in [0.05, 0.1) is 0 Å². The van der Waals surface area contributed by atoms with E-state index in [4.69, 9.17) is 5.11 Å². The van der Waals surface area contributed by atoms with Crippen molar-refractivity contribution in [2.24, 2.45) is 0 Å².